The SMILES string of the molecule is O=C(O)C(F)(F)F.O=C1CCCN1CCCNC(=O)C1(c2ccc(NS(=O)(=O)c3ccc(F)c(Cl)c3)cc2)CC1. The summed E-state index contributed by atoms with van der Waals surface area (Å²) in [6.07, 6.45) is -1.41. The van der Waals surface area contributed by atoms with Gasteiger partial charge >= 0.3 is 12.1 Å². The summed E-state index contributed by atoms with van der Waals surface area (Å²) in [6.45, 7) is 1.95. The fourth-order valence-electron chi connectivity index (χ4n) is 4.07. The van der Waals surface area contributed by atoms with Gasteiger partial charge < -0.3 is 15.3 Å². The molecule has 2 aromatic carbocycles. The van der Waals surface area contributed by atoms with E-state index in [1.807, 2.05) is 4.90 Å². The molecule has 0 bridgehead atoms. The van der Waals surface area contributed by atoms with Crippen LogP contribution in [0.1, 0.15) is 37.7 Å². The van der Waals surface area contributed by atoms with Crippen LogP contribution >= 0.6 is 11.6 Å². The van der Waals surface area contributed by atoms with Gasteiger partial charge in [-0.3, -0.25) is 14.3 Å². The van der Waals surface area contributed by atoms with Gasteiger partial charge in [-0.15, -0.1) is 0 Å². The Labute approximate surface area is 232 Å². The summed E-state index contributed by atoms with van der Waals surface area (Å²) in [6, 6.07) is 9.88. The molecule has 9 nitrogen and oxygen atoms in total. The predicted octanol–water partition coefficient (Wildman–Crippen LogP) is 4.07. The second-order valence-corrected chi connectivity index (χ2v) is 11.3. The number of sulfonamides is 1. The molecule has 4 rings (SSSR count). The number of alkyl halides is 3. The summed E-state index contributed by atoms with van der Waals surface area (Å²) < 4.78 is 72.6. The fraction of sp³-hybridized carbons (Fsp3) is 0.400. The summed E-state index contributed by atoms with van der Waals surface area (Å²) in [5, 5.41) is 9.82. The summed E-state index contributed by atoms with van der Waals surface area (Å²) >= 11 is 5.69. The first kappa shape index (κ1) is 31.1. The molecule has 2 aliphatic rings. The van der Waals surface area contributed by atoms with E-state index in [2.05, 4.69) is 10.0 Å². The highest BCUT2D eigenvalue weighted by molar-refractivity contribution is 7.92. The van der Waals surface area contributed by atoms with Gasteiger partial charge in [0, 0.05) is 31.7 Å². The molecule has 0 unspecified atom stereocenters. The lowest BCUT2D eigenvalue weighted by Crippen LogP contribution is -2.36. The van der Waals surface area contributed by atoms with Gasteiger partial charge in [-0.05, 0) is 61.6 Å². The van der Waals surface area contributed by atoms with Gasteiger partial charge in [0.05, 0.1) is 15.3 Å². The highest BCUT2D eigenvalue weighted by Crippen LogP contribution is 2.48. The Morgan fingerprint density at radius 2 is 1.73 bits per heavy atom. The average molecular weight is 608 g/mol. The number of hydrogen-bond acceptors (Lipinski definition) is 5. The Kier molecular flexibility index (Phi) is 9.67. The predicted molar refractivity (Wildman–Crippen MR) is 137 cm³/mol. The van der Waals surface area contributed by atoms with Crippen molar-refractivity contribution in [2.75, 3.05) is 24.4 Å². The van der Waals surface area contributed by atoms with Crippen LogP contribution in [-0.4, -0.2) is 62.0 Å². The zero-order valence-corrected chi connectivity index (χ0v) is 22.5. The molecule has 1 saturated heterocycles. The molecule has 40 heavy (non-hydrogen) atoms. The Bertz CT molecular complexity index is 1370. The van der Waals surface area contributed by atoms with E-state index in [0.717, 1.165) is 49.6 Å². The molecule has 0 spiro atoms. The number of nitrogens with one attached hydrogen (secondary N) is 2. The zero-order valence-electron chi connectivity index (χ0n) is 20.9. The molecule has 0 atom stereocenters. The Hall–Kier alpha value is -3.39. The Morgan fingerprint density at radius 3 is 2.23 bits per heavy atom. The molecule has 0 radical (unpaired) electrons. The van der Waals surface area contributed by atoms with Crippen LogP contribution in [0.5, 0.6) is 0 Å². The van der Waals surface area contributed by atoms with Gasteiger partial charge in [0.15, 0.2) is 0 Å². The number of benzene rings is 2. The third kappa shape index (κ3) is 7.84. The van der Waals surface area contributed by atoms with Gasteiger partial charge in [0.1, 0.15) is 5.82 Å². The summed E-state index contributed by atoms with van der Waals surface area (Å²) in [7, 11) is -3.94. The van der Waals surface area contributed by atoms with Crippen molar-refractivity contribution in [3.05, 3.63) is 58.9 Å². The Morgan fingerprint density at radius 1 is 1.10 bits per heavy atom. The van der Waals surface area contributed by atoms with E-state index in [1.165, 1.54) is 0 Å². The number of carbonyl (C=O) groups is 3. The van der Waals surface area contributed by atoms with E-state index in [0.29, 0.717) is 31.6 Å². The van der Waals surface area contributed by atoms with Crippen molar-refractivity contribution in [2.45, 2.75) is 48.6 Å². The van der Waals surface area contributed by atoms with E-state index >= 15 is 0 Å². The van der Waals surface area contributed by atoms with Crippen LogP contribution in [0.2, 0.25) is 5.02 Å². The first-order chi connectivity index (χ1) is 18.7. The first-order valence-electron chi connectivity index (χ1n) is 12.1. The van der Waals surface area contributed by atoms with Gasteiger partial charge in [-0.25, -0.2) is 17.6 Å². The molecule has 218 valence electrons. The topological polar surface area (TPSA) is 133 Å². The normalized spacial score (nSPS) is 16.1. The molecule has 3 N–H and O–H groups in total. The third-order valence-electron chi connectivity index (χ3n) is 6.38. The minimum absolute atomic E-state index is 0.0514. The minimum Gasteiger partial charge on any atom is -0.475 e. The Balaban J connectivity index is 0.000000559. The van der Waals surface area contributed by atoms with Crippen molar-refractivity contribution in [3.8, 4) is 0 Å². The molecule has 1 saturated carbocycles. The van der Waals surface area contributed by atoms with E-state index in [4.69, 9.17) is 21.5 Å². The van der Waals surface area contributed by atoms with Crippen molar-refractivity contribution < 1.29 is 45.5 Å². The number of rotatable bonds is 9. The number of halogens is 5. The van der Waals surface area contributed by atoms with Crippen LogP contribution < -0.4 is 10.0 Å². The second-order valence-electron chi connectivity index (χ2n) is 9.24. The minimum atomic E-state index is -5.08. The number of carbonyl (C=O) groups excluding carboxylic acids is 2. The lowest BCUT2D eigenvalue weighted by Gasteiger charge is -2.18. The van der Waals surface area contributed by atoms with Gasteiger partial charge in [-0.1, -0.05) is 23.7 Å². The third-order valence-corrected chi connectivity index (χ3v) is 8.05. The van der Waals surface area contributed by atoms with Gasteiger partial charge in [-0.2, -0.15) is 13.2 Å². The van der Waals surface area contributed by atoms with Crippen molar-refractivity contribution in [3.63, 3.8) is 0 Å². The van der Waals surface area contributed by atoms with Crippen LogP contribution in [0.4, 0.5) is 23.2 Å². The number of aliphatic carboxylic acids is 1. The molecule has 0 aromatic heterocycles. The summed E-state index contributed by atoms with van der Waals surface area (Å²) in [5.74, 6) is -3.33. The second kappa shape index (κ2) is 12.4. The standard InChI is InChI=1S/C23H25ClFN3O4S.C2HF3O2/c24-19-15-18(8-9-20(19)25)33(31,32)27-17-6-4-16(5-7-17)23(10-11-23)22(30)26-12-2-14-28-13-1-3-21(28)29;3-2(4,5)1(6)7/h4-9,15,27H,1-3,10-14H2,(H,26,30);(H,6,7). The van der Waals surface area contributed by atoms with Crippen LogP contribution in [0.3, 0.4) is 0 Å². The lowest BCUT2D eigenvalue weighted by molar-refractivity contribution is -0.192. The number of nitrogens with zero attached hydrogens (tertiary/aromatic N) is 1. The molecule has 2 amide bonds. The number of amides is 2. The van der Waals surface area contributed by atoms with Crippen LogP contribution in [-0.2, 0) is 29.8 Å². The highest BCUT2D eigenvalue weighted by atomic mass is 35.5. The summed E-state index contributed by atoms with van der Waals surface area (Å²) in [4.78, 5) is 35.0. The largest absolute Gasteiger partial charge is 0.490 e. The number of anilines is 1. The number of hydrogen-bond donors (Lipinski definition) is 3. The van der Waals surface area contributed by atoms with E-state index < -0.39 is 33.4 Å². The van der Waals surface area contributed by atoms with Crippen molar-refractivity contribution in [2.24, 2.45) is 0 Å². The number of likely N-dealkylation sites (tertiary alicyclic amines) is 1. The van der Waals surface area contributed by atoms with Gasteiger partial charge in [0.2, 0.25) is 11.8 Å². The van der Waals surface area contributed by atoms with Crippen molar-refractivity contribution in [1.82, 2.24) is 10.2 Å². The average Bonchev–Trinajstić information content (AvgIpc) is 3.59. The molecule has 2 aromatic rings. The number of carboxylic acids is 1. The number of carboxylic acid groups (broad SMARTS) is 1. The molecule has 15 heteroatoms. The van der Waals surface area contributed by atoms with Gasteiger partial charge in [0.25, 0.3) is 10.0 Å². The molecular weight excluding hydrogens is 582 g/mol. The maximum Gasteiger partial charge on any atom is 0.490 e. The maximum absolute atomic E-state index is 13.3. The van der Waals surface area contributed by atoms with Crippen LogP contribution in [0, 0.1) is 5.82 Å². The summed E-state index contributed by atoms with van der Waals surface area (Å²) in [5.41, 5.74) is 0.555. The maximum atomic E-state index is 13.3. The van der Waals surface area contributed by atoms with E-state index in [9.17, 15) is 35.6 Å². The molecule has 1 heterocycles. The van der Waals surface area contributed by atoms with E-state index in [-0.39, 0.29) is 21.7 Å². The van der Waals surface area contributed by atoms with Crippen molar-refractivity contribution >= 4 is 45.1 Å². The van der Waals surface area contributed by atoms with E-state index in [1.54, 1.807) is 24.3 Å². The monoisotopic (exact) mass is 607 g/mol. The quantitative estimate of drug-likeness (QED) is 0.291. The first-order valence-corrected chi connectivity index (χ1v) is 14.0. The smallest absolute Gasteiger partial charge is 0.475 e. The van der Waals surface area contributed by atoms with Crippen LogP contribution in [0.25, 0.3) is 0 Å². The molecular formula is C25H26ClF4N3O6S. The molecule has 1 aliphatic heterocycles. The highest BCUT2D eigenvalue weighted by Gasteiger charge is 2.51. The molecule has 2 fully saturated rings. The van der Waals surface area contributed by atoms with Crippen LogP contribution in [0.15, 0.2) is 47.4 Å². The van der Waals surface area contributed by atoms with Crippen molar-refractivity contribution in [1.29, 1.82) is 0 Å². The fourth-order valence-corrected chi connectivity index (χ4v) is 5.40. The lowest BCUT2D eigenvalue weighted by atomic mass is 9.95. The molecule has 1 aliphatic carbocycles. The zero-order chi connectivity index (χ0) is 29.7.